The summed E-state index contributed by atoms with van der Waals surface area (Å²) in [6, 6.07) is 0. The first-order valence-corrected chi connectivity index (χ1v) is 4.36. The van der Waals surface area contributed by atoms with Gasteiger partial charge in [-0.3, -0.25) is 0 Å². The number of halogens is 2. The molecule has 0 saturated carbocycles. The Balaban J connectivity index is 2.94. The summed E-state index contributed by atoms with van der Waals surface area (Å²) in [6.07, 6.45) is 3.93. The molecule has 1 nitrogen and oxygen atoms in total. The van der Waals surface area contributed by atoms with E-state index in [9.17, 15) is 0 Å². The number of hydrogen-bond acceptors (Lipinski definition) is 1. The molecular formula is C7H7Br2N. The van der Waals surface area contributed by atoms with Crippen LogP contribution in [0.3, 0.4) is 0 Å². The molecule has 1 aliphatic heterocycles. The van der Waals surface area contributed by atoms with E-state index in [0.29, 0.717) is 0 Å². The van der Waals surface area contributed by atoms with E-state index in [1.165, 1.54) is 0 Å². The van der Waals surface area contributed by atoms with Crippen LogP contribution in [0.1, 0.15) is 0 Å². The van der Waals surface area contributed by atoms with Gasteiger partial charge in [0.05, 0.1) is 0 Å². The number of nitrogens with zero attached hydrogens (tertiary/aromatic N) is 1. The average Bonchev–Trinajstić information content (AvgIpc) is 1.82. The lowest BCUT2D eigenvalue weighted by Crippen LogP contribution is -2.07. The van der Waals surface area contributed by atoms with Gasteiger partial charge in [-0.05, 0) is 37.4 Å². The molecule has 0 spiro atoms. The molecule has 54 valence electrons. The van der Waals surface area contributed by atoms with Crippen molar-refractivity contribution in [2.24, 2.45) is 0 Å². The van der Waals surface area contributed by atoms with Gasteiger partial charge < -0.3 is 4.90 Å². The summed E-state index contributed by atoms with van der Waals surface area (Å²) in [7, 11) is 1.97. The summed E-state index contributed by atoms with van der Waals surface area (Å²) in [5.74, 6) is 0. The zero-order valence-corrected chi connectivity index (χ0v) is 8.74. The van der Waals surface area contributed by atoms with Crippen molar-refractivity contribution >= 4 is 31.9 Å². The van der Waals surface area contributed by atoms with Crippen LogP contribution >= 0.6 is 31.9 Å². The third-order valence-electron chi connectivity index (χ3n) is 1.21. The maximum absolute atomic E-state index is 3.85. The van der Waals surface area contributed by atoms with Crippen LogP contribution in [0.4, 0.5) is 0 Å². The highest BCUT2D eigenvalue weighted by atomic mass is 79.9. The van der Waals surface area contributed by atoms with Gasteiger partial charge in [-0.15, -0.1) is 0 Å². The predicted molar refractivity (Wildman–Crippen MR) is 50.9 cm³/mol. The first kappa shape index (κ1) is 8.08. The molecule has 0 aromatic carbocycles. The van der Waals surface area contributed by atoms with E-state index in [-0.39, 0.29) is 0 Å². The molecule has 0 N–H and O–H groups in total. The maximum Gasteiger partial charge on any atom is 0.0415 e. The Hall–Kier alpha value is -0.0200. The molecule has 0 radical (unpaired) electrons. The number of allylic oxidation sites excluding steroid dienone is 3. The van der Waals surface area contributed by atoms with Crippen molar-refractivity contribution in [3.05, 3.63) is 33.5 Å². The Labute approximate surface area is 77.3 Å². The smallest absolute Gasteiger partial charge is 0.0415 e. The lowest BCUT2D eigenvalue weighted by Gasteiger charge is -2.17. The largest absolute Gasteiger partial charge is 0.355 e. The molecule has 0 saturated heterocycles. The van der Waals surface area contributed by atoms with Gasteiger partial charge in [0, 0.05) is 28.4 Å². The molecule has 0 unspecified atom stereocenters. The van der Waals surface area contributed by atoms with Gasteiger partial charge in [-0.25, -0.2) is 0 Å². The molecule has 0 fully saturated rings. The van der Waals surface area contributed by atoms with Gasteiger partial charge in [0.25, 0.3) is 0 Å². The molecule has 3 heteroatoms. The minimum absolute atomic E-state index is 0.984. The average molecular weight is 265 g/mol. The summed E-state index contributed by atoms with van der Waals surface area (Å²) < 4.78 is 2.04. The molecule has 0 bridgehead atoms. The first-order valence-electron chi connectivity index (χ1n) is 2.77. The van der Waals surface area contributed by atoms with E-state index >= 15 is 0 Å². The lowest BCUT2D eigenvalue weighted by molar-refractivity contribution is 0.617. The second-order valence-corrected chi connectivity index (χ2v) is 3.81. The van der Waals surface area contributed by atoms with Gasteiger partial charge in [0.2, 0.25) is 0 Å². The van der Waals surface area contributed by atoms with E-state index < -0.39 is 0 Å². The van der Waals surface area contributed by atoms with E-state index in [1.54, 1.807) is 0 Å². The molecule has 0 atom stereocenters. The first-order chi connectivity index (χ1) is 4.61. The fourth-order valence-electron chi connectivity index (χ4n) is 0.665. The van der Waals surface area contributed by atoms with Crippen LogP contribution in [0.25, 0.3) is 0 Å². The Morgan fingerprint density at radius 2 is 1.70 bits per heavy atom. The molecule has 1 aliphatic rings. The third-order valence-corrected chi connectivity index (χ3v) is 2.58. The highest BCUT2D eigenvalue weighted by Crippen LogP contribution is 2.30. The van der Waals surface area contributed by atoms with Crippen molar-refractivity contribution < 1.29 is 0 Å². The number of hydrogen-bond donors (Lipinski definition) is 0. The minimum Gasteiger partial charge on any atom is -0.355 e. The summed E-state index contributed by atoms with van der Waals surface area (Å²) >= 11 is 6.77. The highest BCUT2D eigenvalue weighted by molar-refractivity contribution is 9.12. The van der Waals surface area contributed by atoms with Crippen LogP contribution in [0.5, 0.6) is 0 Å². The fraction of sp³-hybridized carbons (Fsp3) is 0.143. The molecule has 10 heavy (non-hydrogen) atoms. The topological polar surface area (TPSA) is 3.24 Å². The van der Waals surface area contributed by atoms with Gasteiger partial charge in [-0.1, -0.05) is 6.58 Å². The van der Waals surface area contributed by atoms with Gasteiger partial charge >= 0.3 is 0 Å². The molecule has 1 rings (SSSR count). The van der Waals surface area contributed by atoms with Gasteiger partial charge in [-0.2, -0.15) is 0 Å². The van der Waals surface area contributed by atoms with Crippen LogP contribution in [-0.2, 0) is 0 Å². The van der Waals surface area contributed by atoms with Crippen molar-refractivity contribution in [2.75, 3.05) is 7.05 Å². The third kappa shape index (κ3) is 1.52. The SMILES string of the molecule is C=C1C(Br)=CN(C)C=C1Br. The monoisotopic (exact) mass is 263 g/mol. The highest BCUT2D eigenvalue weighted by Gasteiger charge is 2.08. The van der Waals surface area contributed by atoms with Crippen molar-refractivity contribution in [1.29, 1.82) is 0 Å². The van der Waals surface area contributed by atoms with Crippen molar-refractivity contribution in [2.45, 2.75) is 0 Å². The zero-order chi connectivity index (χ0) is 7.72. The summed E-state index contributed by atoms with van der Waals surface area (Å²) in [6.45, 7) is 3.85. The normalized spacial score (nSPS) is 18.7. The molecule has 0 aliphatic carbocycles. The van der Waals surface area contributed by atoms with Crippen molar-refractivity contribution in [3.63, 3.8) is 0 Å². The summed E-state index contributed by atoms with van der Waals surface area (Å²) in [4.78, 5) is 1.96. The zero-order valence-electron chi connectivity index (χ0n) is 5.56. The molecule has 0 aromatic heterocycles. The van der Waals surface area contributed by atoms with Crippen molar-refractivity contribution in [3.8, 4) is 0 Å². The van der Waals surface area contributed by atoms with Crippen LogP contribution in [0.15, 0.2) is 33.5 Å². The predicted octanol–water partition coefficient (Wildman–Crippen LogP) is 2.96. The number of rotatable bonds is 0. The molecule has 0 amide bonds. The molecular weight excluding hydrogens is 258 g/mol. The van der Waals surface area contributed by atoms with Gasteiger partial charge in [0.1, 0.15) is 0 Å². The van der Waals surface area contributed by atoms with E-state index in [2.05, 4.69) is 38.4 Å². The van der Waals surface area contributed by atoms with E-state index in [4.69, 9.17) is 0 Å². The second-order valence-electron chi connectivity index (χ2n) is 2.10. The standard InChI is InChI=1S/C7H7Br2N/c1-5-6(8)3-10(2)4-7(5)9/h3-4H,1H2,2H3. The minimum atomic E-state index is 0.984. The van der Waals surface area contributed by atoms with Crippen LogP contribution in [0.2, 0.25) is 0 Å². The summed E-state index contributed by atoms with van der Waals surface area (Å²) in [5.41, 5.74) is 0.984. The van der Waals surface area contributed by atoms with Crippen molar-refractivity contribution in [1.82, 2.24) is 4.90 Å². The quantitative estimate of drug-likeness (QED) is 0.650. The van der Waals surface area contributed by atoms with Crippen LogP contribution < -0.4 is 0 Å². The van der Waals surface area contributed by atoms with E-state index in [1.807, 2.05) is 24.3 Å². The van der Waals surface area contributed by atoms with Crippen LogP contribution in [-0.4, -0.2) is 11.9 Å². The Kier molecular flexibility index (Phi) is 2.36. The Bertz CT molecular complexity index is 206. The molecule has 1 heterocycles. The van der Waals surface area contributed by atoms with Gasteiger partial charge in [0.15, 0.2) is 0 Å². The Morgan fingerprint density at radius 1 is 1.30 bits per heavy atom. The Morgan fingerprint density at radius 3 is 2.10 bits per heavy atom. The maximum atomic E-state index is 3.85. The second kappa shape index (κ2) is 2.93. The van der Waals surface area contributed by atoms with Crippen LogP contribution in [0, 0.1) is 0 Å². The van der Waals surface area contributed by atoms with E-state index in [0.717, 1.165) is 14.5 Å². The summed E-state index contributed by atoms with van der Waals surface area (Å²) in [5, 5.41) is 0. The fourth-order valence-corrected chi connectivity index (χ4v) is 2.00. The molecule has 0 aromatic rings. The lowest BCUT2D eigenvalue weighted by atomic mass is 10.2.